The number of nitrogens with zero attached hydrogens (tertiary/aromatic N) is 4. The fourth-order valence-electron chi connectivity index (χ4n) is 3.86. The SMILES string of the molecule is O=C(c1cccn2cnnc12)N1CC[C@@H](O)[C@](Cc2ccccc2)(C(=O)O)C1. The molecule has 0 aliphatic carbocycles. The van der Waals surface area contributed by atoms with Gasteiger partial charge in [0.2, 0.25) is 0 Å². The molecule has 2 aromatic heterocycles. The summed E-state index contributed by atoms with van der Waals surface area (Å²) in [4.78, 5) is 26.9. The minimum atomic E-state index is -1.46. The molecule has 0 bridgehead atoms. The Bertz CT molecular complexity index is 1020. The van der Waals surface area contributed by atoms with Crippen LogP contribution in [0, 0.1) is 5.41 Å². The molecule has 3 heterocycles. The maximum Gasteiger partial charge on any atom is 0.314 e. The van der Waals surface area contributed by atoms with E-state index in [9.17, 15) is 19.8 Å². The first kappa shape index (κ1) is 18.1. The van der Waals surface area contributed by atoms with Gasteiger partial charge in [0, 0.05) is 19.3 Å². The van der Waals surface area contributed by atoms with Gasteiger partial charge in [-0.1, -0.05) is 30.3 Å². The van der Waals surface area contributed by atoms with Crippen LogP contribution in [0.5, 0.6) is 0 Å². The largest absolute Gasteiger partial charge is 0.481 e. The molecule has 4 rings (SSSR count). The van der Waals surface area contributed by atoms with Crippen LogP contribution < -0.4 is 0 Å². The maximum absolute atomic E-state index is 13.2. The number of carboxylic acids is 1. The van der Waals surface area contributed by atoms with Crippen molar-refractivity contribution in [3.63, 3.8) is 0 Å². The summed E-state index contributed by atoms with van der Waals surface area (Å²) in [6.07, 6.45) is 2.54. The Balaban J connectivity index is 1.67. The Labute approximate surface area is 161 Å². The third kappa shape index (κ3) is 3.01. The molecule has 3 aromatic rings. The van der Waals surface area contributed by atoms with E-state index in [-0.39, 0.29) is 31.8 Å². The van der Waals surface area contributed by atoms with E-state index < -0.39 is 17.5 Å². The van der Waals surface area contributed by atoms with Crippen molar-refractivity contribution in [3.8, 4) is 0 Å². The second-order valence-electron chi connectivity index (χ2n) is 7.14. The number of hydrogen-bond acceptors (Lipinski definition) is 5. The van der Waals surface area contributed by atoms with Gasteiger partial charge < -0.3 is 15.1 Å². The Morgan fingerprint density at radius 1 is 1.18 bits per heavy atom. The molecule has 1 aliphatic rings. The van der Waals surface area contributed by atoms with Gasteiger partial charge in [0.1, 0.15) is 11.7 Å². The number of aliphatic carboxylic acids is 1. The van der Waals surface area contributed by atoms with Gasteiger partial charge in [0.25, 0.3) is 5.91 Å². The number of aliphatic hydroxyl groups excluding tert-OH is 1. The first-order valence-electron chi connectivity index (χ1n) is 9.04. The van der Waals surface area contributed by atoms with E-state index in [1.54, 1.807) is 22.7 Å². The van der Waals surface area contributed by atoms with Crippen LogP contribution in [-0.2, 0) is 11.2 Å². The summed E-state index contributed by atoms with van der Waals surface area (Å²) >= 11 is 0. The molecule has 1 aliphatic heterocycles. The average Bonchev–Trinajstić information content (AvgIpc) is 3.18. The maximum atomic E-state index is 13.2. The van der Waals surface area contributed by atoms with Crippen molar-refractivity contribution < 1.29 is 19.8 Å². The number of carbonyl (C=O) groups excluding carboxylic acids is 1. The first-order chi connectivity index (χ1) is 13.5. The summed E-state index contributed by atoms with van der Waals surface area (Å²) in [5.74, 6) is -1.42. The second-order valence-corrected chi connectivity index (χ2v) is 7.14. The van der Waals surface area contributed by atoms with Crippen molar-refractivity contribution in [2.45, 2.75) is 18.9 Å². The van der Waals surface area contributed by atoms with Crippen LogP contribution in [0.25, 0.3) is 5.65 Å². The van der Waals surface area contributed by atoms with Crippen molar-refractivity contribution in [2.24, 2.45) is 5.41 Å². The van der Waals surface area contributed by atoms with Gasteiger partial charge in [-0.05, 0) is 30.5 Å². The molecule has 28 heavy (non-hydrogen) atoms. The zero-order chi connectivity index (χ0) is 19.7. The zero-order valence-corrected chi connectivity index (χ0v) is 15.1. The van der Waals surface area contributed by atoms with Gasteiger partial charge in [-0.15, -0.1) is 10.2 Å². The van der Waals surface area contributed by atoms with Gasteiger partial charge in [-0.3, -0.25) is 14.0 Å². The van der Waals surface area contributed by atoms with Crippen molar-refractivity contribution in [1.82, 2.24) is 19.5 Å². The number of aromatic nitrogens is 3. The summed E-state index contributed by atoms with van der Waals surface area (Å²) in [5, 5.41) is 28.4. The van der Waals surface area contributed by atoms with E-state index in [1.807, 2.05) is 30.3 Å². The van der Waals surface area contributed by atoms with Crippen LogP contribution >= 0.6 is 0 Å². The average molecular weight is 380 g/mol. The smallest absolute Gasteiger partial charge is 0.314 e. The molecule has 2 atom stereocenters. The normalized spacial score (nSPS) is 22.3. The quantitative estimate of drug-likeness (QED) is 0.705. The lowest BCUT2D eigenvalue weighted by Gasteiger charge is -2.43. The molecule has 0 unspecified atom stereocenters. The van der Waals surface area contributed by atoms with Crippen LogP contribution in [0.3, 0.4) is 0 Å². The molecule has 8 heteroatoms. The van der Waals surface area contributed by atoms with E-state index in [2.05, 4.69) is 10.2 Å². The molecular weight excluding hydrogens is 360 g/mol. The molecule has 1 amide bonds. The number of piperidine rings is 1. The predicted octanol–water partition coefficient (Wildman–Crippen LogP) is 1.25. The highest BCUT2D eigenvalue weighted by Gasteiger charge is 2.50. The molecule has 1 fully saturated rings. The topological polar surface area (TPSA) is 108 Å². The van der Waals surface area contributed by atoms with E-state index in [4.69, 9.17) is 0 Å². The Kier molecular flexibility index (Phi) is 4.56. The molecule has 2 N–H and O–H groups in total. The molecule has 1 aromatic carbocycles. The second kappa shape index (κ2) is 7.05. The van der Waals surface area contributed by atoms with E-state index >= 15 is 0 Å². The number of fused-ring (bicyclic) bond motifs is 1. The number of carbonyl (C=O) groups is 2. The van der Waals surface area contributed by atoms with Gasteiger partial charge in [0.15, 0.2) is 5.65 Å². The number of hydrogen-bond donors (Lipinski definition) is 2. The fourth-order valence-corrected chi connectivity index (χ4v) is 3.86. The highest BCUT2D eigenvalue weighted by Crippen LogP contribution is 2.35. The first-order valence-corrected chi connectivity index (χ1v) is 9.04. The standard InChI is InChI=1S/C20H20N4O4/c25-16-8-10-23(18(26)15-7-4-9-24-13-21-22-17(15)24)12-20(16,19(27)28)11-14-5-2-1-3-6-14/h1-7,9,13,16,25H,8,10-12H2,(H,27,28)/t16-,20-/m1/s1. The van der Waals surface area contributed by atoms with Crippen molar-refractivity contribution in [3.05, 3.63) is 66.1 Å². The van der Waals surface area contributed by atoms with Gasteiger partial charge in [-0.25, -0.2) is 0 Å². The third-order valence-corrected chi connectivity index (χ3v) is 5.41. The molecule has 1 saturated heterocycles. The minimum Gasteiger partial charge on any atom is -0.481 e. The van der Waals surface area contributed by atoms with E-state index in [0.29, 0.717) is 11.2 Å². The predicted molar refractivity (Wildman–Crippen MR) is 99.7 cm³/mol. The number of carboxylic acid groups (broad SMARTS) is 1. The zero-order valence-electron chi connectivity index (χ0n) is 15.1. The summed E-state index contributed by atoms with van der Waals surface area (Å²) in [5.41, 5.74) is 0.115. The van der Waals surface area contributed by atoms with Crippen LogP contribution in [0.15, 0.2) is 55.0 Å². The van der Waals surface area contributed by atoms with Crippen LogP contribution in [0.4, 0.5) is 0 Å². The molecule has 0 spiro atoms. The summed E-state index contributed by atoms with van der Waals surface area (Å²) < 4.78 is 1.64. The molecule has 144 valence electrons. The Morgan fingerprint density at radius 2 is 1.96 bits per heavy atom. The monoisotopic (exact) mass is 380 g/mol. The number of rotatable bonds is 4. The van der Waals surface area contributed by atoms with Crippen molar-refractivity contribution in [2.75, 3.05) is 13.1 Å². The van der Waals surface area contributed by atoms with E-state index in [0.717, 1.165) is 5.56 Å². The highest BCUT2D eigenvalue weighted by atomic mass is 16.4. The number of likely N-dealkylation sites (tertiary alicyclic amines) is 1. The van der Waals surface area contributed by atoms with Crippen molar-refractivity contribution >= 4 is 17.5 Å². The number of benzene rings is 1. The van der Waals surface area contributed by atoms with Crippen LogP contribution in [-0.4, -0.2) is 60.8 Å². The molecule has 8 nitrogen and oxygen atoms in total. The summed E-state index contributed by atoms with van der Waals surface area (Å²) in [7, 11) is 0. The van der Waals surface area contributed by atoms with Crippen molar-refractivity contribution in [1.29, 1.82) is 0 Å². The van der Waals surface area contributed by atoms with E-state index in [1.165, 1.54) is 11.2 Å². The fraction of sp³-hybridized carbons (Fsp3) is 0.300. The Morgan fingerprint density at radius 3 is 2.71 bits per heavy atom. The molecular formula is C20H20N4O4. The van der Waals surface area contributed by atoms with Gasteiger partial charge in [-0.2, -0.15) is 0 Å². The summed E-state index contributed by atoms with van der Waals surface area (Å²) in [6.45, 7) is 0.200. The molecule has 0 radical (unpaired) electrons. The minimum absolute atomic E-state index is 0.0770. The van der Waals surface area contributed by atoms with Gasteiger partial charge in [0.05, 0.1) is 11.7 Å². The Hall–Kier alpha value is -3.26. The highest BCUT2D eigenvalue weighted by molar-refractivity contribution is 6.00. The van der Waals surface area contributed by atoms with Gasteiger partial charge >= 0.3 is 5.97 Å². The lowest BCUT2D eigenvalue weighted by Crippen LogP contribution is -2.58. The van der Waals surface area contributed by atoms with Crippen LogP contribution in [0.1, 0.15) is 22.3 Å². The lowest BCUT2D eigenvalue weighted by molar-refractivity contribution is -0.161. The number of pyridine rings is 1. The number of aliphatic hydroxyl groups is 1. The molecule has 0 saturated carbocycles. The third-order valence-electron chi connectivity index (χ3n) is 5.41. The number of amides is 1. The van der Waals surface area contributed by atoms with Crippen LogP contribution in [0.2, 0.25) is 0 Å². The summed E-state index contributed by atoms with van der Waals surface area (Å²) in [6, 6.07) is 12.5. The lowest BCUT2D eigenvalue weighted by atomic mass is 9.72.